The van der Waals surface area contributed by atoms with E-state index in [-0.39, 0.29) is 13.2 Å². The monoisotopic (exact) mass is 154 g/mol. The van der Waals surface area contributed by atoms with Crippen molar-refractivity contribution in [3.05, 3.63) is 12.2 Å². The van der Waals surface area contributed by atoms with Crippen LogP contribution in [-0.4, -0.2) is 19.4 Å². The Balaban J connectivity index is 3.39. The molecule has 0 unspecified atom stereocenters. The molecular weight excluding hydrogens is 144 g/mol. The molecule has 0 atom stereocenters. The van der Waals surface area contributed by atoms with Crippen molar-refractivity contribution < 1.29 is 14.3 Å². The summed E-state index contributed by atoms with van der Waals surface area (Å²) in [6.45, 7) is 5.39. The van der Waals surface area contributed by atoms with E-state index in [0.29, 0.717) is 0 Å². The molecule has 0 aliphatic rings. The molecule has 0 spiro atoms. The van der Waals surface area contributed by atoms with Crippen molar-refractivity contribution in [1.82, 2.24) is 0 Å². The number of terminal acetylenes is 1. The Morgan fingerprint density at radius 2 is 2.27 bits per heavy atom. The van der Waals surface area contributed by atoms with Crippen LogP contribution in [-0.2, 0) is 9.47 Å². The Labute approximate surface area is 66.0 Å². The van der Waals surface area contributed by atoms with E-state index in [2.05, 4.69) is 22.0 Å². The van der Waals surface area contributed by atoms with Crippen LogP contribution in [0.3, 0.4) is 0 Å². The number of hydrogen-bond donors (Lipinski definition) is 0. The van der Waals surface area contributed by atoms with Crippen LogP contribution in [0.25, 0.3) is 0 Å². The fourth-order valence-electron chi connectivity index (χ4n) is 0.324. The molecule has 0 saturated heterocycles. The van der Waals surface area contributed by atoms with Crippen molar-refractivity contribution in [3.8, 4) is 12.3 Å². The van der Waals surface area contributed by atoms with E-state index in [0.717, 1.165) is 5.57 Å². The summed E-state index contributed by atoms with van der Waals surface area (Å²) in [5.41, 5.74) is 0.752. The number of carbonyl (C=O) groups is 1. The highest BCUT2D eigenvalue weighted by Gasteiger charge is 2.00. The van der Waals surface area contributed by atoms with Gasteiger partial charge in [-0.1, -0.05) is 12.5 Å². The lowest BCUT2D eigenvalue weighted by molar-refractivity contribution is 0.0714. The number of ether oxygens (including phenoxy) is 2. The maximum absolute atomic E-state index is 10.5. The second-order valence-corrected chi connectivity index (χ2v) is 1.99. The first kappa shape index (κ1) is 9.57. The van der Waals surface area contributed by atoms with Gasteiger partial charge in [-0.25, -0.2) is 4.79 Å². The average Bonchev–Trinajstić information content (AvgIpc) is 1.97. The van der Waals surface area contributed by atoms with Gasteiger partial charge in [-0.3, -0.25) is 0 Å². The Bertz CT molecular complexity index is 188. The lowest BCUT2D eigenvalue weighted by Gasteiger charge is -2.02. The van der Waals surface area contributed by atoms with Crippen LogP contribution >= 0.6 is 0 Å². The molecule has 0 saturated carbocycles. The zero-order chi connectivity index (χ0) is 8.69. The van der Waals surface area contributed by atoms with Crippen LogP contribution in [0.2, 0.25) is 0 Å². The molecule has 0 heterocycles. The molecule has 0 aliphatic carbocycles. The van der Waals surface area contributed by atoms with Crippen LogP contribution in [0.5, 0.6) is 0 Å². The number of hydrogen-bond acceptors (Lipinski definition) is 3. The SMILES string of the molecule is C#CCOC(=O)OCC(=C)C. The van der Waals surface area contributed by atoms with E-state index in [9.17, 15) is 4.79 Å². The Kier molecular flexibility index (Phi) is 4.67. The van der Waals surface area contributed by atoms with Gasteiger partial charge in [-0.15, -0.1) is 6.42 Å². The van der Waals surface area contributed by atoms with Gasteiger partial charge in [0.05, 0.1) is 0 Å². The van der Waals surface area contributed by atoms with E-state index in [1.807, 2.05) is 0 Å². The van der Waals surface area contributed by atoms with Gasteiger partial charge < -0.3 is 9.47 Å². The quantitative estimate of drug-likeness (QED) is 0.349. The molecule has 0 radical (unpaired) electrons. The summed E-state index contributed by atoms with van der Waals surface area (Å²) in [5, 5.41) is 0. The van der Waals surface area contributed by atoms with E-state index < -0.39 is 6.16 Å². The minimum atomic E-state index is -0.758. The normalized spacial score (nSPS) is 8.00. The highest BCUT2D eigenvalue weighted by Crippen LogP contribution is 1.90. The van der Waals surface area contributed by atoms with Crippen molar-refractivity contribution >= 4 is 6.16 Å². The molecule has 0 aliphatic heterocycles. The molecule has 3 nitrogen and oxygen atoms in total. The van der Waals surface area contributed by atoms with Crippen molar-refractivity contribution in [2.75, 3.05) is 13.2 Å². The molecule has 0 amide bonds. The summed E-state index contributed by atoms with van der Waals surface area (Å²) in [5.74, 6) is 2.14. The summed E-state index contributed by atoms with van der Waals surface area (Å²) >= 11 is 0. The fraction of sp³-hybridized carbons (Fsp3) is 0.375. The molecule has 0 bridgehead atoms. The molecule has 60 valence electrons. The highest BCUT2D eigenvalue weighted by atomic mass is 16.7. The van der Waals surface area contributed by atoms with Crippen LogP contribution in [0.1, 0.15) is 6.92 Å². The summed E-state index contributed by atoms with van der Waals surface area (Å²) in [6, 6.07) is 0. The number of carbonyl (C=O) groups excluding carboxylic acids is 1. The van der Waals surface area contributed by atoms with Crippen molar-refractivity contribution in [2.45, 2.75) is 6.92 Å². The molecule has 0 N–H and O–H groups in total. The third-order valence-electron chi connectivity index (χ3n) is 0.710. The van der Waals surface area contributed by atoms with Crippen LogP contribution in [0.4, 0.5) is 4.79 Å². The lowest BCUT2D eigenvalue weighted by Crippen LogP contribution is -2.08. The highest BCUT2D eigenvalue weighted by molar-refractivity contribution is 5.60. The standard InChI is InChI=1S/C8H10O3/c1-4-5-10-8(9)11-6-7(2)3/h1H,2,5-6H2,3H3. The van der Waals surface area contributed by atoms with Crippen LogP contribution < -0.4 is 0 Å². The Hall–Kier alpha value is -1.43. The maximum atomic E-state index is 10.5. The van der Waals surface area contributed by atoms with Gasteiger partial charge in [0.25, 0.3) is 0 Å². The second kappa shape index (κ2) is 5.36. The zero-order valence-corrected chi connectivity index (χ0v) is 6.42. The van der Waals surface area contributed by atoms with E-state index in [1.54, 1.807) is 6.92 Å². The summed E-state index contributed by atoms with van der Waals surface area (Å²) < 4.78 is 8.95. The van der Waals surface area contributed by atoms with Gasteiger partial charge in [0.1, 0.15) is 6.61 Å². The van der Waals surface area contributed by atoms with Gasteiger partial charge in [-0.05, 0) is 12.5 Å². The van der Waals surface area contributed by atoms with E-state index in [4.69, 9.17) is 6.42 Å². The molecule has 0 fully saturated rings. The van der Waals surface area contributed by atoms with E-state index >= 15 is 0 Å². The van der Waals surface area contributed by atoms with Crippen molar-refractivity contribution in [2.24, 2.45) is 0 Å². The molecular formula is C8H10O3. The first-order valence-electron chi connectivity index (χ1n) is 3.04. The van der Waals surface area contributed by atoms with Gasteiger partial charge in [0, 0.05) is 0 Å². The molecule has 0 aromatic rings. The molecule has 0 aromatic heterocycles. The van der Waals surface area contributed by atoms with Crippen LogP contribution in [0, 0.1) is 12.3 Å². The first-order valence-corrected chi connectivity index (χ1v) is 3.04. The van der Waals surface area contributed by atoms with Gasteiger partial charge in [0.2, 0.25) is 0 Å². The third-order valence-corrected chi connectivity index (χ3v) is 0.710. The van der Waals surface area contributed by atoms with Crippen molar-refractivity contribution in [1.29, 1.82) is 0 Å². The third kappa shape index (κ3) is 6.46. The molecule has 0 rings (SSSR count). The van der Waals surface area contributed by atoms with Crippen molar-refractivity contribution in [3.63, 3.8) is 0 Å². The van der Waals surface area contributed by atoms with E-state index in [1.165, 1.54) is 0 Å². The minimum Gasteiger partial charge on any atom is -0.430 e. The fourth-order valence-corrected chi connectivity index (χ4v) is 0.324. The Morgan fingerprint density at radius 1 is 1.64 bits per heavy atom. The smallest absolute Gasteiger partial charge is 0.430 e. The van der Waals surface area contributed by atoms with Gasteiger partial charge >= 0.3 is 6.16 Å². The minimum absolute atomic E-state index is 0.0605. The van der Waals surface area contributed by atoms with Crippen LogP contribution in [0.15, 0.2) is 12.2 Å². The second-order valence-electron chi connectivity index (χ2n) is 1.99. The Morgan fingerprint density at radius 3 is 2.73 bits per heavy atom. The predicted octanol–water partition coefficient (Wildman–Crippen LogP) is 1.35. The molecule has 3 heteroatoms. The maximum Gasteiger partial charge on any atom is 0.509 e. The molecule has 11 heavy (non-hydrogen) atoms. The zero-order valence-electron chi connectivity index (χ0n) is 6.42. The largest absolute Gasteiger partial charge is 0.509 e. The predicted molar refractivity (Wildman–Crippen MR) is 40.9 cm³/mol. The topological polar surface area (TPSA) is 35.5 Å². The molecule has 0 aromatic carbocycles. The number of rotatable bonds is 3. The van der Waals surface area contributed by atoms with Gasteiger partial charge in [-0.2, -0.15) is 0 Å². The van der Waals surface area contributed by atoms with Gasteiger partial charge in [0.15, 0.2) is 6.61 Å². The summed E-state index contributed by atoms with van der Waals surface area (Å²) in [4.78, 5) is 10.5. The first-order chi connectivity index (χ1) is 5.16. The summed E-state index contributed by atoms with van der Waals surface area (Å²) in [7, 11) is 0. The summed E-state index contributed by atoms with van der Waals surface area (Å²) in [6.07, 6.45) is 4.07. The lowest BCUT2D eigenvalue weighted by atomic mass is 10.4. The average molecular weight is 154 g/mol.